The van der Waals surface area contributed by atoms with E-state index >= 15 is 0 Å². The van der Waals surface area contributed by atoms with Gasteiger partial charge in [-0.15, -0.1) is 0 Å². The zero-order chi connectivity index (χ0) is 18.1. The van der Waals surface area contributed by atoms with E-state index in [1.165, 1.54) is 10.9 Å². The third-order valence-corrected chi connectivity index (χ3v) is 4.84. The molecule has 134 valence electrons. The molecular weight excluding hydrogens is 332 g/mol. The zero-order valence-electron chi connectivity index (χ0n) is 14.5. The van der Waals surface area contributed by atoms with Gasteiger partial charge in [-0.25, -0.2) is 14.0 Å². The molecule has 7 heteroatoms. The van der Waals surface area contributed by atoms with E-state index in [0.29, 0.717) is 18.8 Å². The molecule has 0 radical (unpaired) electrons. The van der Waals surface area contributed by atoms with Crippen molar-refractivity contribution in [3.8, 4) is 5.69 Å². The van der Waals surface area contributed by atoms with E-state index in [4.69, 9.17) is 4.42 Å². The number of rotatable bonds is 3. The first-order valence-corrected chi connectivity index (χ1v) is 8.69. The van der Waals surface area contributed by atoms with Crippen LogP contribution in [0.3, 0.4) is 0 Å². The number of benzene rings is 1. The molecular formula is C19H20N4O3. The van der Waals surface area contributed by atoms with Crippen molar-refractivity contribution in [3.63, 3.8) is 0 Å². The first-order chi connectivity index (χ1) is 12.6. The molecule has 0 saturated carbocycles. The number of amides is 1. The van der Waals surface area contributed by atoms with E-state index in [9.17, 15) is 9.59 Å². The first-order valence-electron chi connectivity index (χ1n) is 8.69. The highest BCUT2D eigenvalue weighted by molar-refractivity contribution is 5.91. The van der Waals surface area contributed by atoms with Crippen LogP contribution in [-0.2, 0) is 7.05 Å². The molecule has 0 N–H and O–H groups in total. The van der Waals surface area contributed by atoms with Gasteiger partial charge in [0.25, 0.3) is 5.91 Å². The van der Waals surface area contributed by atoms with Gasteiger partial charge in [-0.05, 0) is 37.1 Å². The second kappa shape index (κ2) is 6.67. The molecule has 3 heterocycles. The molecule has 26 heavy (non-hydrogen) atoms. The number of likely N-dealkylation sites (tertiary alicyclic amines) is 1. The Balaban J connectivity index is 1.56. The summed E-state index contributed by atoms with van der Waals surface area (Å²) in [6, 6.07) is 12.9. The highest BCUT2D eigenvalue weighted by Crippen LogP contribution is 2.28. The van der Waals surface area contributed by atoms with Crippen molar-refractivity contribution in [1.29, 1.82) is 0 Å². The molecule has 0 unspecified atom stereocenters. The highest BCUT2D eigenvalue weighted by Gasteiger charge is 2.29. The summed E-state index contributed by atoms with van der Waals surface area (Å²) >= 11 is 0. The number of aromatic nitrogens is 3. The lowest BCUT2D eigenvalue weighted by Gasteiger charge is -2.31. The van der Waals surface area contributed by atoms with Crippen LogP contribution in [0.1, 0.15) is 35.1 Å². The van der Waals surface area contributed by atoms with Gasteiger partial charge in [-0.2, -0.15) is 5.10 Å². The van der Waals surface area contributed by atoms with Crippen LogP contribution < -0.4 is 5.69 Å². The Labute approximate surface area is 150 Å². The first kappa shape index (κ1) is 16.4. The van der Waals surface area contributed by atoms with Crippen molar-refractivity contribution in [2.75, 3.05) is 13.1 Å². The summed E-state index contributed by atoms with van der Waals surface area (Å²) in [6.07, 6.45) is 3.03. The fourth-order valence-electron chi connectivity index (χ4n) is 3.46. The number of carbonyl (C=O) groups excluding carboxylic acids is 1. The van der Waals surface area contributed by atoms with Crippen molar-refractivity contribution in [3.05, 3.63) is 70.8 Å². The average molecular weight is 352 g/mol. The summed E-state index contributed by atoms with van der Waals surface area (Å²) in [5, 5.41) is 4.48. The molecule has 7 nitrogen and oxygen atoms in total. The maximum Gasteiger partial charge on any atom is 0.350 e. The summed E-state index contributed by atoms with van der Waals surface area (Å²) in [6.45, 7) is 1.23. The van der Waals surface area contributed by atoms with Gasteiger partial charge in [0.15, 0.2) is 5.76 Å². The number of para-hydroxylation sites is 1. The van der Waals surface area contributed by atoms with Gasteiger partial charge in [0, 0.05) is 26.1 Å². The molecule has 1 aliphatic rings. The van der Waals surface area contributed by atoms with Crippen molar-refractivity contribution >= 4 is 5.91 Å². The van der Waals surface area contributed by atoms with Crippen molar-refractivity contribution in [2.24, 2.45) is 7.05 Å². The van der Waals surface area contributed by atoms with E-state index in [2.05, 4.69) is 5.10 Å². The predicted octanol–water partition coefficient (Wildman–Crippen LogP) is 2.18. The van der Waals surface area contributed by atoms with E-state index in [1.54, 1.807) is 28.6 Å². The fraction of sp³-hybridized carbons (Fsp3) is 0.316. The maximum atomic E-state index is 12.5. The average Bonchev–Trinajstić information content (AvgIpc) is 3.31. The Bertz CT molecular complexity index is 949. The van der Waals surface area contributed by atoms with Gasteiger partial charge in [-0.1, -0.05) is 18.2 Å². The summed E-state index contributed by atoms with van der Waals surface area (Å²) < 4.78 is 8.26. The van der Waals surface area contributed by atoms with Crippen LogP contribution in [0.2, 0.25) is 0 Å². The smallest absolute Gasteiger partial charge is 0.350 e. The summed E-state index contributed by atoms with van der Waals surface area (Å²) in [5.74, 6) is 1.16. The Kier molecular flexibility index (Phi) is 4.20. The second-order valence-electron chi connectivity index (χ2n) is 6.48. The Morgan fingerprint density at radius 2 is 1.85 bits per heavy atom. The molecule has 2 aromatic heterocycles. The largest absolute Gasteiger partial charge is 0.459 e. The summed E-state index contributed by atoms with van der Waals surface area (Å²) in [7, 11) is 1.67. The van der Waals surface area contributed by atoms with Crippen LogP contribution in [0.15, 0.2) is 57.9 Å². The van der Waals surface area contributed by atoms with E-state index in [0.717, 1.165) is 24.4 Å². The molecule has 0 bridgehead atoms. The van der Waals surface area contributed by atoms with E-state index in [-0.39, 0.29) is 17.5 Å². The second-order valence-corrected chi connectivity index (χ2v) is 6.48. The van der Waals surface area contributed by atoms with Crippen LogP contribution in [0.5, 0.6) is 0 Å². The number of carbonyl (C=O) groups is 1. The van der Waals surface area contributed by atoms with Gasteiger partial charge in [0.2, 0.25) is 0 Å². The van der Waals surface area contributed by atoms with Crippen LogP contribution in [-0.4, -0.2) is 38.2 Å². The molecule has 1 amide bonds. The molecule has 1 aliphatic heterocycles. The van der Waals surface area contributed by atoms with Crippen molar-refractivity contribution in [2.45, 2.75) is 18.8 Å². The number of aryl methyl sites for hydroxylation is 1. The highest BCUT2D eigenvalue weighted by atomic mass is 16.3. The lowest BCUT2D eigenvalue weighted by Crippen LogP contribution is -2.38. The molecule has 1 saturated heterocycles. The third-order valence-electron chi connectivity index (χ3n) is 4.84. The number of furan rings is 1. The topological polar surface area (TPSA) is 73.3 Å². The van der Waals surface area contributed by atoms with E-state index in [1.807, 2.05) is 30.3 Å². The van der Waals surface area contributed by atoms with Gasteiger partial charge in [0.1, 0.15) is 5.82 Å². The number of hydrogen-bond acceptors (Lipinski definition) is 4. The van der Waals surface area contributed by atoms with Crippen molar-refractivity contribution < 1.29 is 9.21 Å². The Hall–Kier alpha value is -3.09. The lowest BCUT2D eigenvalue weighted by atomic mass is 9.95. The van der Waals surface area contributed by atoms with Crippen LogP contribution in [0.4, 0.5) is 0 Å². The minimum atomic E-state index is -0.153. The fourth-order valence-corrected chi connectivity index (χ4v) is 3.46. The number of hydrogen-bond donors (Lipinski definition) is 0. The monoisotopic (exact) mass is 352 g/mol. The minimum absolute atomic E-state index is 0.0880. The predicted molar refractivity (Wildman–Crippen MR) is 95.4 cm³/mol. The molecule has 1 fully saturated rings. The molecule has 0 spiro atoms. The van der Waals surface area contributed by atoms with Gasteiger partial charge in [-0.3, -0.25) is 4.79 Å². The molecule has 1 aromatic carbocycles. The van der Waals surface area contributed by atoms with Gasteiger partial charge in [0.05, 0.1) is 12.0 Å². The lowest BCUT2D eigenvalue weighted by molar-refractivity contribution is 0.0678. The number of piperidine rings is 1. The minimum Gasteiger partial charge on any atom is -0.459 e. The standard InChI is InChI=1S/C19H20N4O3/c1-21-19(25)23(15-6-3-2-4-7-15)17(20-21)14-9-11-22(12-10-14)18(24)16-8-5-13-26-16/h2-8,13-14H,9-12H2,1H3. The SMILES string of the molecule is Cn1nc(C2CCN(C(=O)c3ccco3)CC2)n(-c2ccccc2)c1=O. The third kappa shape index (κ3) is 2.85. The normalized spacial score (nSPS) is 15.3. The van der Waals surface area contributed by atoms with Crippen LogP contribution >= 0.6 is 0 Å². The van der Waals surface area contributed by atoms with Gasteiger partial charge >= 0.3 is 5.69 Å². The van der Waals surface area contributed by atoms with Crippen molar-refractivity contribution in [1.82, 2.24) is 19.2 Å². The Morgan fingerprint density at radius 3 is 2.50 bits per heavy atom. The maximum absolute atomic E-state index is 12.5. The zero-order valence-corrected chi connectivity index (χ0v) is 14.5. The van der Waals surface area contributed by atoms with Crippen LogP contribution in [0, 0.1) is 0 Å². The summed E-state index contributed by atoms with van der Waals surface area (Å²) in [5.41, 5.74) is 0.662. The summed E-state index contributed by atoms with van der Waals surface area (Å²) in [4.78, 5) is 26.7. The Morgan fingerprint density at radius 1 is 1.12 bits per heavy atom. The quantitative estimate of drug-likeness (QED) is 0.724. The van der Waals surface area contributed by atoms with E-state index < -0.39 is 0 Å². The molecule has 0 aliphatic carbocycles. The van der Waals surface area contributed by atoms with Gasteiger partial charge < -0.3 is 9.32 Å². The number of nitrogens with zero attached hydrogens (tertiary/aromatic N) is 4. The molecule has 4 rings (SSSR count). The molecule has 3 aromatic rings. The van der Waals surface area contributed by atoms with Crippen LogP contribution in [0.25, 0.3) is 5.69 Å². The molecule has 0 atom stereocenters.